The smallest absolute Gasteiger partial charge is 0.227 e. The summed E-state index contributed by atoms with van der Waals surface area (Å²) in [5.74, 6) is 0.686. The molecule has 0 unspecified atom stereocenters. The maximum atomic E-state index is 4.91. The number of aryl methyl sites for hydroxylation is 2. The van der Waals surface area contributed by atoms with Crippen LogP contribution in [0.4, 0.5) is 0 Å². The molecule has 4 nitrogen and oxygen atoms in total. The van der Waals surface area contributed by atoms with E-state index in [9.17, 15) is 0 Å². The zero-order valence-corrected chi connectivity index (χ0v) is 10.3. The molecule has 0 bridgehead atoms. The number of thiophene rings is 1. The summed E-state index contributed by atoms with van der Waals surface area (Å²) in [5.41, 5.74) is 1.38. The van der Waals surface area contributed by atoms with Crippen LogP contribution >= 0.6 is 11.3 Å². The molecule has 0 fully saturated rings. The van der Waals surface area contributed by atoms with Crippen LogP contribution in [-0.2, 0) is 13.0 Å². The first kappa shape index (κ1) is 11.3. The molecule has 0 aliphatic carbocycles. The molecule has 1 N–H and O–H groups in total. The minimum absolute atomic E-state index is 0.686. The molecule has 2 rings (SSSR count). The molecule has 0 spiro atoms. The maximum absolute atomic E-state index is 4.91. The van der Waals surface area contributed by atoms with Crippen molar-refractivity contribution in [3.05, 3.63) is 33.6 Å². The molecule has 0 aliphatic heterocycles. The van der Waals surface area contributed by atoms with Crippen LogP contribution < -0.4 is 5.32 Å². The Hall–Kier alpha value is -1.20. The van der Waals surface area contributed by atoms with Gasteiger partial charge in [0.05, 0.1) is 0 Å². The molecule has 5 heteroatoms. The van der Waals surface area contributed by atoms with Crippen LogP contribution in [0.25, 0.3) is 0 Å². The van der Waals surface area contributed by atoms with Crippen molar-refractivity contribution in [2.75, 3.05) is 6.54 Å². The monoisotopic (exact) mass is 237 g/mol. The van der Waals surface area contributed by atoms with E-state index in [-0.39, 0.29) is 0 Å². The van der Waals surface area contributed by atoms with Gasteiger partial charge in [0, 0.05) is 29.3 Å². The molecule has 0 atom stereocenters. The maximum Gasteiger partial charge on any atom is 0.227 e. The van der Waals surface area contributed by atoms with Crippen molar-refractivity contribution in [1.29, 1.82) is 0 Å². The molecule has 0 aromatic carbocycles. The quantitative estimate of drug-likeness (QED) is 0.809. The fraction of sp³-hybridized carbons (Fsp3) is 0.455. The molecule has 0 amide bonds. The van der Waals surface area contributed by atoms with Crippen LogP contribution in [-0.4, -0.2) is 16.7 Å². The summed E-state index contributed by atoms with van der Waals surface area (Å²) in [6.07, 6.45) is 2.21. The van der Waals surface area contributed by atoms with Gasteiger partial charge < -0.3 is 9.84 Å². The summed E-state index contributed by atoms with van der Waals surface area (Å²) in [5, 5.41) is 6.94. The van der Waals surface area contributed by atoms with Gasteiger partial charge >= 0.3 is 0 Å². The van der Waals surface area contributed by atoms with Crippen LogP contribution in [0.2, 0.25) is 0 Å². The van der Waals surface area contributed by atoms with Gasteiger partial charge in [0.2, 0.25) is 5.89 Å². The molecule has 2 heterocycles. The fourth-order valence-electron chi connectivity index (χ4n) is 1.58. The molecule has 2 aromatic heterocycles. The molecule has 0 radical (unpaired) electrons. The van der Waals surface area contributed by atoms with Crippen molar-refractivity contribution < 1.29 is 4.52 Å². The van der Waals surface area contributed by atoms with E-state index in [0.29, 0.717) is 5.89 Å². The van der Waals surface area contributed by atoms with Crippen molar-refractivity contribution in [1.82, 2.24) is 15.5 Å². The lowest BCUT2D eigenvalue weighted by Crippen LogP contribution is -2.16. The third-order valence-corrected chi connectivity index (χ3v) is 3.39. The third-order valence-electron chi connectivity index (χ3n) is 2.38. The standard InChI is InChI=1S/C11H15N3OS/c1-8-5-10(9(2)16-8)6-12-4-3-11-13-7-14-15-11/h5,7,12H,3-4,6H2,1-2H3. The van der Waals surface area contributed by atoms with Gasteiger partial charge in [0.1, 0.15) is 0 Å². The average molecular weight is 237 g/mol. The van der Waals surface area contributed by atoms with Gasteiger partial charge in [-0.3, -0.25) is 0 Å². The van der Waals surface area contributed by atoms with Crippen molar-refractivity contribution in [3.8, 4) is 0 Å². The van der Waals surface area contributed by atoms with Crippen molar-refractivity contribution in [2.24, 2.45) is 0 Å². The molecular weight excluding hydrogens is 222 g/mol. The van der Waals surface area contributed by atoms with Gasteiger partial charge in [-0.2, -0.15) is 4.98 Å². The number of aromatic nitrogens is 2. The van der Waals surface area contributed by atoms with Gasteiger partial charge in [-0.05, 0) is 25.5 Å². The van der Waals surface area contributed by atoms with Crippen LogP contribution in [0.3, 0.4) is 0 Å². The summed E-state index contributed by atoms with van der Waals surface area (Å²) in [7, 11) is 0. The van der Waals surface area contributed by atoms with Crippen LogP contribution in [0.5, 0.6) is 0 Å². The normalized spacial score (nSPS) is 10.9. The predicted molar refractivity (Wildman–Crippen MR) is 63.5 cm³/mol. The Morgan fingerprint density at radius 3 is 2.94 bits per heavy atom. The van der Waals surface area contributed by atoms with Gasteiger partial charge in [-0.25, -0.2) is 0 Å². The van der Waals surface area contributed by atoms with Gasteiger partial charge in [0.15, 0.2) is 6.33 Å². The highest BCUT2D eigenvalue weighted by Gasteiger charge is 2.03. The first-order chi connectivity index (χ1) is 7.75. The molecule has 86 valence electrons. The zero-order valence-electron chi connectivity index (χ0n) is 9.49. The number of nitrogens with one attached hydrogen (secondary N) is 1. The summed E-state index contributed by atoms with van der Waals surface area (Å²) in [6.45, 7) is 6.06. The summed E-state index contributed by atoms with van der Waals surface area (Å²) in [6, 6.07) is 2.24. The Kier molecular flexibility index (Phi) is 3.69. The zero-order chi connectivity index (χ0) is 11.4. The topological polar surface area (TPSA) is 51.0 Å². The van der Waals surface area contributed by atoms with E-state index in [2.05, 4.69) is 35.4 Å². The third kappa shape index (κ3) is 2.90. The van der Waals surface area contributed by atoms with Crippen molar-refractivity contribution in [3.63, 3.8) is 0 Å². The van der Waals surface area contributed by atoms with Gasteiger partial charge in [-0.15, -0.1) is 11.3 Å². The minimum atomic E-state index is 0.686. The highest BCUT2D eigenvalue weighted by atomic mass is 32.1. The Morgan fingerprint density at radius 1 is 1.44 bits per heavy atom. The summed E-state index contributed by atoms with van der Waals surface area (Å²) in [4.78, 5) is 6.73. The van der Waals surface area contributed by atoms with Crippen LogP contribution in [0, 0.1) is 13.8 Å². The average Bonchev–Trinajstić information content (AvgIpc) is 2.84. The lowest BCUT2D eigenvalue weighted by molar-refractivity contribution is 0.375. The van der Waals surface area contributed by atoms with Crippen LogP contribution in [0.15, 0.2) is 16.9 Å². The number of rotatable bonds is 5. The van der Waals surface area contributed by atoms with Crippen LogP contribution in [0.1, 0.15) is 21.2 Å². The molecule has 0 saturated heterocycles. The van der Waals surface area contributed by atoms with E-state index in [1.54, 1.807) is 0 Å². The van der Waals surface area contributed by atoms with Gasteiger partial charge in [-0.1, -0.05) is 5.16 Å². The fourth-order valence-corrected chi connectivity index (χ4v) is 2.53. The highest BCUT2D eigenvalue weighted by Crippen LogP contribution is 2.20. The Bertz CT molecular complexity index is 436. The first-order valence-electron chi connectivity index (χ1n) is 5.28. The Morgan fingerprint density at radius 2 is 2.31 bits per heavy atom. The number of nitrogens with zero attached hydrogens (tertiary/aromatic N) is 2. The van der Waals surface area contributed by atoms with Crippen molar-refractivity contribution in [2.45, 2.75) is 26.8 Å². The highest BCUT2D eigenvalue weighted by molar-refractivity contribution is 7.12. The van der Waals surface area contributed by atoms with E-state index in [1.165, 1.54) is 21.6 Å². The van der Waals surface area contributed by atoms with E-state index in [4.69, 9.17) is 4.52 Å². The van der Waals surface area contributed by atoms with Crippen molar-refractivity contribution >= 4 is 11.3 Å². The molecule has 0 saturated carbocycles. The lowest BCUT2D eigenvalue weighted by Gasteiger charge is -2.01. The minimum Gasteiger partial charge on any atom is -0.340 e. The Labute approximate surface area is 98.7 Å². The molecule has 2 aromatic rings. The predicted octanol–water partition coefficient (Wildman–Crippen LogP) is 2.08. The van der Waals surface area contributed by atoms with E-state index in [0.717, 1.165) is 19.5 Å². The summed E-state index contributed by atoms with van der Waals surface area (Å²) < 4.78 is 4.91. The molecule has 0 aliphatic rings. The van der Waals surface area contributed by atoms with E-state index < -0.39 is 0 Å². The second-order valence-corrected chi connectivity index (χ2v) is 5.16. The lowest BCUT2D eigenvalue weighted by atomic mass is 10.2. The van der Waals surface area contributed by atoms with Gasteiger partial charge in [0.25, 0.3) is 0 Å². The largest absolute Gasteiger partial charge is 0.340 e. The molecule has 16 heavy (non-hydrogen) atoms. The second kappa shape index (κ2) is 5.23. The SMILES string of the molecule is Cc1cc(CNCCc2ncno2)c(C)s1. The summed E-state index contributed by atoms with van der Waals surface area (Å²) >= 11 is 1.84. The number of hydrogen-bond acceptors (Lipinski definition) is 5. The Balaban J connectivity index is 1.74. The van der Waals surface area contributed by atoms with E-state index in [1.807, 2.05) is 11.3 Å². The van der Waals surface area contributed by atoms with E-state index >= 15 is 0 Å². The first-order valence-corrected chi connectivity index (χ1v) is 6.09. The second-order valence-electron chi connectivity index (χ2n) is 3.70. The number of hydrogen-bond donors (Lipinski definition) is 1. The molecular formula is C11H15N3OS.